The van der Waals surface area contributed by atoms with Gasteiger partial charge in [0.05, 0.1) is 15.8 Å². The van der Waals surface area contributed by atoms with E-state index in [1.54, 1.807) is 12.1 Å². The number of anilines is 1. The summed E-state index contributed by atoms with van der Waals surface area (Å²) in [5.41, 5.74) is 7.27. The van der Waals surface area contributed by atoms with Gasteiger partial charge in [-0.05, 0) is 55.7 Å². The second-order valence-corrected chi connectivity index (χ2v) is 8.32. The Hall–Kier alpha value is -1.03. The highest BCUT2D eigenvalue weighted by Crippen LogP contribution is 2.36. The number of sulfone groups is 1. The van der Waals surface area contributed by atoms with Crippen LogP contribution in [-0.2, 0) is 9.84 Å². The lowest BCUT2D eigenvalue weighted by molar-refractivity contribution is 0.301. The molecule has 1 saturated carbocycles. The van der Waals surface area contributed by atoms with Crippen LogP contribution in [-0.4, -0.2) is 13.7 Å². The number of aryl methyl sites for hydroxylation is 1. The van der Waals surface area contributed by atoms with Crippen molar-refractivity contribution < 1.29 is 8.42 Å². The molecular formula is C15H23NO2S. The van der Waals surface area contributed by atoms with E-state index in [0.717, 1.165) is 24.8 Å². The van der Waals surface area contributed by atoms with Gasteiger partial charge in [0.2, 0.25) is 0 Å². The van der Waals surface area contributed by atoms with Crippen molar-refractivity contribution in [1.82, 2.24) is 0 Å². The van der Waals surface area contributed by atoms with Crippen molar-refractivity contribution in [2.45, 2.75) is 50.2 Å². The lowest BCUT2D eigenvalue weighted by atomic mass is 9.83. The molecule has 1 aromatic rings. The van der Waals surface area contributed by atoms with E-state index in [4.69, 9.17) is 5.73 Å². The molecule has 1 aliphatic carbocycles. The van der Waals surface area contributed by atoms with Crippen molar-refractivity contribution in [3.05, 3.63) is 23.8 Å². The minimum atomic E-state index is -3.30. The Morgan fingerprint density at radius 3 is 2.21 bits per heavy atom. The van der Waals surface area contributed by atoms with Crippen LogP contribution in [0.1, 0.15) is 38.7 Å². The molecule has 0 aliphatic heterocycles. The summed E-state index contributed by atoms with van der Waals surface area (Å²) in [4.78, 5) is 0.310. The lowest BCUT2D eigenvalue weighted by Gasteiger charge is -2.31. The van der Waals surface area contributed by atoms with Crippen LogP contribution in [0.25, 0.3) is 0 Å². The third kappa shape index (κ3) is 2.94. The summed E-state index contributed by atoms with van der Waals surface area (Å²) in [6.45, 7) is 6.19. The molecule has 0 aromatic heterocycles. The van der Waals surface area contributed by atoms with Gasteiger partial charge in [0, 0.05) is 0 Å². The molecule has 0 amide bonds. The van der Waals surface area contributed by atoms with Crippen molar-refractivity contribution in [3.8, 4) is 0 Å². The Balaban J connectivity index is 2.36. The molecule has 1 fully saturated rings. The maximum absolute atomic E-state index is 12.7. The number of hydrogen-bond acceptors (Lipinski definition) is 3. The summed E-state index contributed by atoms with van der Waals surface area (Å²) in [6.07, 6.45) is 2.62. The van der Waals surface area contributed by atoms with Gasteiger partial charge in [0.25, 0.3) is 0 Å². The first-order valence-electron chi connectivity index (χ1n) is 6.90. The Kier molecular flexibility index (Phi) is 3.90. The van der Waals surface area contributed by atoms with E-state index < -0.39 is 9.84 Å². The first kappa shape index (κ1) is 14.4. The van der Waals surface area contributed by atoms with Crippen LogP contribution < -0.4 is 5.73 Å². The van der Waals surface area contributed by atoms with Gasteiger partial charge in [0.1, 0.15) is 0 Å². The molecular weight excluding hydrogens is 258 g/mol. The molecule has 2 N–H and O–H groups in total. The van der Waals surface area contributed by atoms with Gasteiger partial charge in [-0.1, -0.05) is 19.9 Å². The molecule has 0 saturated heterocycles. The zero-order valence-electron chi connectivity index (χ0n) is 11.9. The fourth-order valence-corrected chi connectivity index (χ4v) is 5.40. The first-order chi connectivity index (χ1) is 8.80. The van der Waals surface area contributed by atoms with Gasteiger partial charge in [-0.2, -0.15) is 0 Å². The smallest absolute Gasteiger partial charge is 0.183 e. The quantitative estimate of drug-likeness (QED) is 0.847. The second kappa shape index (κ2) is 5.16. The highest BCUT2D eigenvalue weighted by atomic mass is 32.2. The molecule has 0 spiro atoms. The maximum Gasteiger partial charge on any atom is 0.183 e. The van der Waals surface area contributed by atoms with Crippen molar-refractivity contribution >= 4 is 15.5 Å². The predicted octanol–water partition coefficient (Wildman–Crippen LogP) is 3.18. The van der Waals surface area contributed by atoms with Crippen molar-refractivity contribution in [1.29, 1.82) is 0 Å². The zero-order chi connectivity index (χ0) is 14.2. The van der Waals surface area contributed by atoms with Crippen LogP contribution >= 0.6 is 0 Å². The Morgan fingerprint density at radius 2 is 1.68 bits per heavy atom. The van der Waals surface area contributed by atoms with Gasteiger partial charge in [-0.15, -0.1) is 0 Å². The van der Waals surface area contributed by atoms with E-state index in [2.05, 4.69) is 13.8 Å². The molecule has 1 aromatic carbocycles. The zero-order valence-corrected chi connectivity index (χ0v) is 12.7. The van der Waals surface area contributed by atoms with Gasteiger partial charge < -0.3 is 5.73 Å². The van der Waals surface area contributed by atoms with Crippen molar-refractivity contribution in [2.75, 3.05) is 5.73 Å². The molecule has 0 radical (unpaired) electrons. The average Bonchev–Trinajstić information content (AvgIpc) is 2.26. The molecule has 0 heterocycles. The van der Waals surface area contributed by atoms with Crippen LogP contribution in [0.3, 0.4) is 0 Å². The summed E-state index contributed by atoms with van der Waals surface area (Å²) in [6, 6.07) is 5.21. The molecule has 19 heavy (non-hydrogen) atoms. The molecule has 0 bridgehead atoms. The van der Waals surface area contributed by atoms with Crippen LogP contribution in [0, 0.1) is 18.8 Å². The molecule has 1 aliphatic rings. The molecule has 2 atom stereocenters. The monoisotopic (exact) mass is 281 g/mol. The predicted molar refractivity (Wildman–Crippen MR) is 78.7 cm³/mol. The van der Waals surface area contributed by atoms with E-state index in [1.165, 1.54) is 0 Å². The third-order valence-electron chi connectivity index (χ3n) is 4.05. The molecule has 106 valence electrons. The van der Waals surface area contributed by atoms with E-state index in [9.17, 15) is 8.42 Å². The summed E-state index contributed by atoms with van der Waals surface area (Å²) in [5, 5.41) is -0.281. The summed E-state index contributed by atoms with van der Waals surface area (Å²) >= 11 is 0. The average molecular weight is 281 g/mol. The molecule has 2 unspecified atom stereocenters. The minimum Gasteiger partial charge on any atom is -0.398 e. The number of benzene rings is 1. The lowest BCUT2D eigenvalue weighted by Crippen LogP contribution is -2.31. The number of hydrogen-bond donors (Lipinski definition) is 1. The first-order valence-corrected chi connectivity index (χ1v) is 8.45. The largest absolute Gasteiger partial charge is 0.398 e. The number of nitrogens with two attached hydrogens (primary N) is 1. The Bertz CT molecular complexity index is 556. The van der Waals surface area contributed by atoms with E-state index in [-0.39, 0.29) is 5.25 Å². The molecule has 4 heteroatoms. The summed E-state index contributed by atoms with van der Waals surface area (Å²) in [7, 11) is -3.30. The molecule has 2 rings (SSSR count). The Labute approximate surface area is 116 Å². The van der Waals surface area contributed by atoms with Crippen molar-refractivity contribution in [2.24, 2.45) is 11.8 Å². The minimum absolute atomic E-state index is 0.281. The Morgan fingerprint density at radius 1 is 1.11 bits per heavy atom. The number of nitrogen functional groups attached to an aromatic ring is 1. The summed E-state index contributed by atoms with van der Waals surface area (Å²) in [5.74, 6) is 0.936. The maximum atomic E-state index is 12.7. The van der Waals surface area contributed by atoms with E-state index in [1.807, 2.05) is 13.0 Å². The second-order valence-electron chi connectivity index (χ2n) is 6.13. The van der Waals surface area contributed by atoms with Crippen LogP contribution in [0.15, 0.2) is 23.1 Å². The normalized spacial score (nSPS) is 28.3. The van der Waals surface area contributed by atoms with Crippen LogP contribution in [0.2, 0.25) is 0 Å². The number of rotatable bonds is 2. The van der Waals surface area contributed by atoms with Crippen molar-refractivity contribution in [3.63, 3.8) is 0 Å². The summed E-state index contributed by atoms with van der Waals surface area (Å²) < 4.78 is 25.5. The third-order valence-corrected chi connectivity index (χ3v) is 6.29. The highest BCUT2D eigenvalue weighted by Gasteiger charge is 2.35. The fraction of sp³-hybridized carbons (Fsp3) is 0.600. The van der Waals surface area contributed by atoms with Gasteiger partial charge >= 0.3 is 0 Å². The van der Waals surface area contributed by atoms with Crippen LogP contribution in [0.5, 0.6) is 0 Å². The van der Waals surface area contributed by atoms with Crippen LogP contribution in [0.4, 0.5) is 5.69 Å². The SMILES string of the molecule is Cc1ccc(S(=O)(=O)C2CC(C)CC(C)C2)c(N)c1. The van der Waals surface area contributed by atoms with E-state index >= 15 is 0 Å². The fourth-order valence-electron chi connectivity index (χ4n) is 3.23. The van der Waals surface area contributed by atoms with Gasteiger partial charge in [-0.3, -0.25) is 0 Å². The topological polar surface area (TPSA) is 60.2 Å². The van der Waals surface area contributed by atoms with Gasteiger partial charge in [0.15, 0.2) is 9.84 Å². The van der Waals surface area contributed by atoms with Gasteiger partial charge in [-0.25, -0.2) is 8.42 Å². The molecule has 3 nitrogen and oxygen atoms in total. The van der Waals surface area contributed by atoms with E-state index in [0.29, 0.717) is 22.4 Å². The highest BCUT2D eigenvalue weighted by molar-refractivity contribution is 7.92. The standard InChI is InChI=1S/C15H23NO2S/c1-10-4-5-15(14(16)9-10)19(17,18)13-7-11(2)6-12(3)8-13/h4-5,9,11-13H,6-8,16H2,1-3H3.